The van der Waals surface area contributed by atoms with E-state index in [1.807, 2.05) is 11.3 Å². The van der Waals surface area contributed by atoms with Crippen molar-refractivity contribution in [2.45, 2.75) is 39.3 Å². The highest BCUT2D eigenvalue weighted by Gasteiger charge is 2.20. The summed E-state index contributed by atoms with van der Waals surface area (Å²) in [7, 11) is 0. The van der Waals surface area contributed by atoms with Gasteiger partial charge in [-0.05, 0) is 48.9 Å². The van der Waals surface area contributed by atoms with Crippen LogP contribution in [0.3, 0.4) is 0 Å². The topological polar surface area (TPSA) is 29.3 Å². The van der Waals surface area contributed by atoms with Crippen molar-refractivity contribution in [3.63, 3.8) is 0 Å². The van der Waals surface area contributed by atoms with Gasteiger partial charge in [-0.1, -0.05) is 31.5 Å². The van der Waals surface area contributed by atoms with Crippen molar-refractivity contribution < 1.29 is 0 Å². The number of piperidine rings is 1. The zero-order chi connectivity index (χ0) is 13.9. The molecule has 3 heteroatoms. The summed E-state index contributed by atoms with van der Waals surface area (Å²) < 4.78 is 1.38. The van der Waals surface area contributed by atoms with E-state index in [1.165, 1.54) is 52.9 Å². The standard InChI is InChI=1S/C17H24N2S/c1-2-13-7-9-19(10-8-13)12-15-14-5-3-4-6-16(14)20-17(15)11-18/h3-6,13H,2,7-12,18H2,1H3. The van der Waals surface area contributed by atoms with Gasteiger partial charge in [0.15, 0.2) is 0 Å². The first kappa shape index (κ1) is 14.1. The molecule has 2 N–H and O–H groups in total. The van der Waals surface area contributed by atoms with Gasteiger partial charge < -0.3 is 5.73 Å². The lowest BCUT2D eigenvalue weighted by molar-refractivity contribution is 0.175. The molecule has 1 aromatic carbocycles. The van der Waals surface area contributed by atoms with Crippen LogP contribution < -0.4 is 5.73 Å². The van der Waals surface area contributed by atoms with Gasteiger partial charge in [0.2, 0.25) is 0 Å². The second kappa shape index (κ2) is 6.25. The molecule has 0 spiro atoms. The fourth-order valence-corrected chi connectivity index (χ4v) is 4.36. The van der Waals surface area contributed by atoms with Gasteiger partial charge in [-0.3, -0.25) is 4.90 Å². The lowest BCUT2D eigenvalue weighted by Gasteiger charge is -2.31. The van der Waals surface area contributed by atoms with Gasteiger partial charge in [-0.2, -0.15) is 0 Å². The first-order valence-corrected chi connectivity index (χ1v) is 8.55. The number of hydrogen-bond donors (Lipinski definition) is 1. The summed E-state index contributed by atoms with van der Waals surface area (Å²) in [5.41, 5.74) is 7.43. The molecule has 0 amide bonds. The van der Waals surface area contributed by atoms with Crippen LogP contribution in [0.5, 0.6) is 0 Å². The highest BCUT2D eigenvalue weighted by molar-refractivity contribution is 7.19. The monoisotopic (exact) mass is 288 g/mol. The fourth-order valence-electron chi connectivity index (χ4n) is 3.26. The number of rotatable bonds is 4. The minimum absolute atomic E-state index is 0.667. The fraction of sp³-hybridized carbons (Fsp3) is 0.529. The van der Waals surface area contributed by atoms with Crippen LogP contribution in [0, 0.1) is 5.92 Å². The zero-order valence-corrected chi connectivity index (χ0v) is 13.1. The number of thiophene rings is 1. The molecule has 0 aliphatic carbocycles. The van der Waals surface area contributed by atoms with Crippen LogP contribution in [0.1, 0.15) is 36.6 Å². The Labute approximate surface area is 125 Å². The second-order valence-electron chi connectivity index (χ2n) is 5.83. The molecule has 0 atom stereocenters. The van der Waals surface area contributed by atoms with E-state index < -0.39 is 0 Å². The van der Waals surface area contributed by atoms with Crippen LogP contribution in [-0.4, -0.2) is 18.0 Å². The molecule has 2 heterocycles. The van der Waals surface area contributed by atoms with Gasteiger partial charge in [0.05, 0.1) is 0 Å². The normalized spacial score (nSPS) is 17.9. The van der Waals surface area contributed by atoms with Gasteiger partial charge >= 0.3 is 0 Å². The summed E-state index contributed by atoms with van der Waals surface area (Å²) in [5.74, 6) is 0.944. The smallest absolute Gasteiger partial charge is 0.0349 e. The number of nitrogens with zero attached hydrogens (tertiary/aromatic N) is 1. The van der Waals surface area contributed by atoms with E-state index in [2.05, 4.69) is 36.1 Å². The lowest BCUT2D eigenvalue weighted by atomic mass is 9.94. The van der Waals surface area contributed by atoms with Gasteiger partial charge in [-0.15, -0.1) is 11.3 Å². The molecule has 0 unspecified atom stereocenters. The highest BCUT2D eigenvalue weighted by atomic mass is 32.1. The minimum atomic E-state index is 0.667. The van der Waals surface area contributed by atoms with Crippen molar-refractivity contribution in [1.82, 2.24) is 4.90 Å². The maximum Gasteiger partial charge on any atom is 0.0349 e. The van der Waals surface area contributed by atoms with E-state index >= 15 is 0 Å². The molecule has 1 aliphatic rings. The Hall–Kier alpha value is -0.900. The minimum Gasteiger partial charge on any atom is -0.326 e. The summed E-state index contributed by atoms with van der Waals surface area (Å²) in [6, 6.07) is 8.73. The molecule has 108 valence electrons. The molecule has 1 saturated heterocycles. The Balaban J connectivity index is 1.80. The SMILES string of the molecule is CCC1CCN(Cc2c(CN)sc3ccccc23)CC1. The predicted octanol–water partition coefficient (Wildman–Crippen LogP) is 3.98. The number of nitrogens with two attached hydrogens (primary N) is 1. The quantitative estimate of drug-likeness (QED) is 0.922. The van der Waals surface area contributed by atoms with Crippen molar-refractivity contribution in [1.29, 1.82) is 0 Å². The van der Waals surface area contributed by atoms with Gasteiger partial charge in [0.25, 0.3) is 0 Å². The molecule has 0 radical (unpaired) electrons. The Morgan fingerprint density at radius 1 is 1.25 bits per heavy atom. The summed E-state index contributed by atoms with van der Waals surface area (Å²) in [4.78, 5) is 3.98. The molecule has 3 rings (SSSR count). The van der Waals surface area contributed by atoms with Crippen LogP contribution in [0.15, 0.2) is 24.3 Å². The Morgan fingerprint density at radius 2 is 2.00 bits per heavy atom. The molecule has 1 aliphatic heterocycles. The predicted molar refractivity (Wildman–Crippen MR) is 88.0 cm³/mol. The van der Waals surface area contributed by atoms with Crippen LogP contribution in [-0.2, 0) is 13.1 Å². The average molecular weight is 288 g/mol. The molecular weight excluding hydrogens is 264 g/mol. The summed E-state index contributed by atoms with van der Waals surface area (Å²) in [6.07, 6.45) is 4.05. The number of fused-ring (bicyclic) bond motifs is 1. The Bertz CT molecular complexity index is 567. The van der Waals surface area contributed by atoms with Crippen LogP contribution in [0.25, 0.3) is 10.1 Å². The molecule has 20 heavy (non-hydrogen) atoms. The molecule has 2 nitrogen and oxygen atoms in total. The molecule has 0 bridgehead atoms. The average Bonchev–Trinajstić information content (AvgIpc) is 2.86. The summed E-state index contributed by atoms with van der Waals surface area (Å²) in [6.45, 7) is 6.55. The summed E-state index contributed by atoms with van der Waals surface area (Å²) >= 11 is 1.87. The Morgan fingerprint density at radius 3 is 2.70 bits per heavy atom. The lowest BCUT2D eigenvalue weighted by Crippen LogP contribution is -2.33. The third-order valence-corrected chi connectivity index (χ3v) is 5.87. The van der Waals surface area contributed by atoms with Gasteiger partial charge in [0.1, 0.15) is 0 Å². The number of benzene rings is 1. The molecule has 2 aromatic rings. The molecule has 1 fully saturated rings. The zero-order valence-electron chi connectivity index (χ0n) is 12.3. The van der Waals surface area contributed by atoms with E-state index in [9.17, 15) is 0 Å². The maximum absolute atomic E-state index is 5.96. The second-order valence-corrected chi connectivity index (χ2v) is 6.97. The van der Waals surface area contributed by atoms with Crippen molar-refractivity contribution >= 4 is 21.4 Å². The van der Waals surface area contributed by atoms with Crippen molar-refractivity contribution in [2.75, 3.05) is 13.1 Å². The molecule has 0 saturated carbocycles. The van der Waals surface area contributed by atoms with Crippen molar-refractivity contribution in [2.24, 2.45) is 11.7 Å². The summed E-state index contributed by atoms with van der Waals surface area (Å²) in [5, 5.41) is 1.41. The first-order chi connectivity index (χ1) is 9.81. The highest BCUT2D eigenvalue weighted by Crippen LogP contribution is 2.33. The maximum atomic E-state index is 5.96. The third-order valence-electron chi connectivity index (χ3n) is 4.63. The van der Waals surface area contributed by atoms with E-state index in [0.717, 1.165) is 12.5 Å². The number of hydrogen-bond acceptors (Lipinski definition) is 3. The van der Waals surface area contributed by atoms with Crippen molar-refractivity contribution in [3.05, 3.63) is 34.7 Å². The van der Waals surface area contributed by atoms with Crippen LogP contribution in [0.4, 0.5) is 0 Å². The van der Waals surface area contributed by atoms with E-state index in [0.29, 0.717) is 6.54 Å². The largest absolute Gasteiger partial charge is 0.326 e. The van der Waals surface area contributed by atoms with E-state index in [1.54, 1.807) is 0 Å². The number of likely N-dealkylation sites (tertiary alicyclic amines) is 1. The van der Waals surface area contributed by atoms with Crippen LogP contribution in [0.2, 0.25) is 0 Å². The van der Waals surface area contributed by atoms with Gasteiger partial charge in [0, 0.05) is 22.7 Å². The molecular formula is C17H24N2S. The van der Waals surface area contributed by atoms with E-state index in [-0.39, 0.29) is 0 Å². The van der Waals surface area contributed by atoms with Gasteiger partial charge in [-0.25, -0.2) is 0 Å². The molecule has 1 aromatic heterocycles. The third kappa shape index (κ3) is 2.76. The first-order valence-electron chi connectivity index (χ1n) is 7.73. The van der Waals surface area contributed by atoms with Crippen LogP contribution >= 0.6 is 11.3 Å². The Kier molecular flexibility index (Phi) is 4.39. The van der Waals surface area contributed by atoms with E-state index in [4.69, 9.17) is 5.73 Å². The van der Waals surface area contributed by atoms with Crippen molar-refractivity contribution in [3.8, 4) is 0 Å².